The Kier molecular flexibility index (Phi) is 7.70. The molecule has 0 spiro atoms. The van der Waals surface area contributed by atoms with Gasteiger partial charge in [-0.05, 0) is 92.7 Å². The fraction of sp³-hybridized carbons (Fsp3) is 0.385. The van der Waals surface area contributed by atoms with E-state index in [9.17, 15) is 30.7 Å². The summed E-state index contributed by atoms with van der Waals surface area (Å²) in [5, 5.41) is 0. The van der Waals surface area contributed by atoms with Crippen LogP contribution in [-0.2, 0) is 0 Å². The number of rotatable bonds is 6. The molecule has 0 unspecified atom stereocenters. The van der Waals surface area contributed by atoms with Crippen LogP contribution in [0.15, 0.2) is 43.0 Å². The van der Waals surface area contributed by atoms with Crippen LogP contribution in [0.4, 0.5) is 30.7 Å². The van der Waals surface area contributed by atoms with Crippen LogP contribution < -0.4 is 0 Å². The van der Waals surface area contributed by atoms with Gasteiger partial charge in [0.05, 0.1) is 16.7 Å². The van der Waals surface area contributed by atoms with Gasteiger partial charge in [-0.2, -0.15) is 13.2 Å². The minimum Gasteiger partial charge on any atom is -0.206 e. The predicted molar refractivity (Wildman–Crippen MR) is 116 cm³/mol. The van der Waals surface area contributed by atoms with Crippen molar-refractivity contribution in [3.63, 3.8) is 0 Å². The van der Waals surface area contributed by atoms with Crippen LogP contribution in [0.1, 0.15) is 62.5 Å². The third-order valence-corrected chi connectivity index (χ3v) is 6.33. The van der Waals surface area contributed by atoms with E-state index in [1.807, 2.05) is 13.0 Å². The molecule has 0 atom stereocenters. The highest BCUT2D eigenvalue weighted by Crippen LogP contribution is 2.41. The number of allylic oxidation sites excluding steroid dienone is 3. The molecule has 0 bridgehead atoms. The first-order chi connectivity index (χ1) is 15.5. The molecule has 0 amide bonds. The molecule has 0 saturated heterocycles. The molecule has 1 aliphatic carbocycles. The highest BCUT2D eigenvalue weighted by Gasteiger charge is 2.36. The summed E-state index contributed by atoms with van der Waals surface area (Å²) in [5.74, 6) is -4.66. The van der Waals surface area contributed by atoms with Crippen LogP contribution in [0.5, 0.6) is 0 Å². The van der Waals surface area contributed by atoms with Gasteiger partial charge in [-0.3, -0.25) is 0 Å². The van der Waals surface area contributed by atoms with Crippen molar-refractivity contribution < 1.29 is 30.7 Å². The lowest BCUT2D eigenvalue weighted by Gasteiger charge is -2.29. The third-order valence-electron chi connectivity index (χ3n) is 6.33. The molecule has 0 aliphatic heterocycles. The maximum absolute atomic E-state index is 14.9. The Morgan fingerprint density at radius 2 is 1.45 bits per heavy atom. The molecule has 2 aromatic carbocycles. The second-order valence-corrected chi connectivity index (χ2v) is 8.51. The second kappa shape index (κ2) is 10.1. The van der Waals surface area contributed by atoms with Gasteiger partial charge in [-0.15, -0.1) is 0 Å². The molecule has 3 rings (SSSR count). The summed E-state index contributed by atoms with van der Waals surface area (Å²) in [6.45, 7) is 4.66. The van der Waals surface area contributed by atoms with E-state index in [2.05, 4.69) is 12.7 Å². The maximum atomic E-state index is 14.9. The van der Waals surface area contributed by atoms with Crippen molar-refractivity contribution in [1.29, 1.82) is 0 Å². The summed E-state index contributed by atoms with van der Waals surface area (Å²) in [6.07, 6.45) is 4.64. The van der Waals surface area contributed by atoms with Crippen LogP contribution in [0, 0.1) is 29.2 Å². The lowest BCUT2D eigenvalue weighted by molar-refractivity contribution is -0.0690. The fourth-order valence-corrected chi connectivity index (χ4v) is 4.53. The number of hydrogen-bond acceptors (Lipinski definition) is 0. The van der Waals surface area contributed by atoms with Crippen molar-refractivity contribution in [3.8, 4) is 11.1 Å². The Hall–Kier alpha value is -2.57. The average molecular weight is 470 g/mol. The molecule has 1 saturated carbocycles. The first-order valence-electron chi connectivity index (χ1n) is 10.9. The zero-order valence-electron chi connectivity index (χ0n) is 18.2. The van der Waals surface area contributed by atoms with E-state index < -0.39 is 51.7 Å². The first-order valence-corrected chi connectivity index (χ1v) is 10.9. The largest absolute Gasteiger partial charge is 0.416 e. The monoisotopic (exact) mass is 470 g/mol. The Labute approximate surface area is 188 Å². The zero-order chi connectivity index (χ0) is 24.3. The van der Waals surface area contributed by atoms with Crippen molar-refractivity contribution in [2.24, 2.45) is 5.92 Å². The van der Waals surface area contributed by atoms with Gasteiger partial charge < -0.3 is 0 Å². The highest BCUT2D eigenvalue weighted by molar-refractivity contribution is 5.73. The summed E-state index contributed by atoms with van der Waals surface area (Å²) < 4.78 is 96.8. The van der Waals surface area contributed by atoms with E-state index in [4.69, 9.17) is 0 Å². The number of alkyl halides is 3. The predicted octanol–water partition coefficient (Wildman–Crippen LogP) is 9.12. The van der Waals surface area contributed by atoms with Gasteiger partial charge >= 0.3 is 6.18 Å². The van der Waals surface area contributed by atoms with Gasteiger partial charge in [0.2, 0.25) is 0 Å². The molecule has 2 aromatic rings. The third kappa shape index (κ3) is 5.68. The summed E-state index contributed by atoms with van der Waals surface area (Å²) >= 11 is 0. The molecule has 1 aliphatic rings. The molecule has 178 valence electrons. The molecule has 1 fully saturated rings. The maximum Gasteiger partial charge on any atom is 0.416 e. The Balaban J connectivity index is 1.84. The summed E-state index contributed by atoms with van der Waals surface area (Å²) in [5.41, 5.74) is -3.79. The topological polar surface area (TPSA) is 0 Å². The molecule has 0 heterocycles. The quantitative estimate of drug-likeness (QED) is 0.292. The lowest BCUT2D eigenvalue weighted by Crippen LogP contribution is -2.14. The SMILES string of the molecule is C=C(c1c(F)cc(-c2c(F)cc(C3CCC(CC/C=C/C)CC3)cc2F)cc1F)C(F)(F)F. The van der Waals surface area contributed by atoms with Gasteiger partial charge in [0, 0.05) is 0 Å². The van der Waals surface area contributed by atoms with Gasteiger partial charge in [-0.1, -0.05) is 18.7 Å². The normalized spacial score (nSPS) is 19.3. The Bertz CT molecular complexity index is 995. The fourth-order valence-electron chi connectivity index (χ4n) is 4.53. The summed E-state index contributed by atoms with van der Waals surface area (Å²) in [6, 6.07) is 3.29. The molecule has 0 radical (unpaired) electrons. The van der Waals surface area contributed by atoms with E-state index in [1.54, 1.807) is 0 Å². The van der Waals surface area contributed by atoms with Crippen molar-refractivity contribution >= 4 is 5.57 Å². The molecule has 0 nitrogen and oxygen atoms in total. The van der Waals surface area contributed by atoms with Crippen molar-refractivity contribution in [2.45, 2.75) is 57.5 Å². The van der Waals surface area contributed by atoms with E-state index in [0.29, 0.717) is 23.6 Å². The van der Waals surface area contributed by atoms with Crippen LogP contribution in [-0.4, -0.2) is 6.18 Å². The number of halogens is 7. The van der Waals surface area contributed by atoms with Crippen molar-refractivity contribution in [1.82, 2.24) is 0 Å². The second-order valence-electron chi connectivity index (χ2n) is 8.51. The minimum atomic E-state index is -5.05. The summed E-state index contributed by atoms with van der Waals surface area (Å²) in [7, 11) is 0. The minimum absolute atomic E-state index is 0.0213. The van der Waals surface area contributed by atoms with Gasteiger partial charge in [0.25, 0.3) is 0 Å². The van der Waals surface area contributed by atoms with Gasteiger partial charge in [0.15, 0.2) is 0 Å². The molecular formula is C26H25F7. The van der Waals surface area contributed by atoms with Crippen LogP contribution in [0.3, 0.4) is 0 Å². The Morgan fingerprint density at radius 3 is 1.94 bits per heavy atom. The highest BCUT2D eigenvalue weighted by atomic mass is 19.4. The van der Waals surface area contributed by atoms with E-state index in [0.717, 1.165) is 50.7 Å². The van der Waals surface area contributed by atoms with Crippen molar-refractivity contribution in [2.75, 3.05) is 0 Å². The molecule has 0 N–H and O–H groups in total. The molecule has 7 heteroatoms. The summed E-state index contributed by atoms with van der Waals surface area (Å²) in [4.78, 5) is 0. The van der Waals surface area contributed by atoms with Crippen LogP contribution in [0.25, 0.3) is 16.7 Å². The van der Waals surface area contributed by atoms with E-state index >= 15 is 0 Å². The standard InChI is InChI=1S/C26H25F7/c1-3-4-5-6-16-7-9-17(10-8-16)18-11-22(29)25(23(30)12-18)19-13-20(27)24(21(28)14-19)15(2)26(31,32)33/h3-4,11-14,16-17H,2,5-10H2,1H3/b4-3+. The average Bonchev–Trinajstić information content (AvgIpc) is 2.72. The van der Waals surface area contributed by atoms with Gasteiger partial charge in [-0.25, -0.2) is 17.6 Å². The number of hydrogen-bond donors (Lipinski definition) is 0. The molecule has 0 aromatic heterocycles. The zero-order valence-corrected chi connectivity index (χ0v) is 18.2. The van der Waals surface area contributed by atoms with Gasteiger partial charge in [0.1, 0.15) is 23.3 Å². The van der Waals surface area contributed by atoms with E-state index in [-0.39, 0.29) is 5.92 Å². The van der Waals surface area contributed by atoms with Crippen molar-refractivity contribution in [3.05, 3.63) is 77.4 Å². The number of benzene rings is 2. The Morgan fingerprint density at radius 1 is 0.909 bits per heavy atom. The van der Waals surface area contributed by atoms with E-state index in [1.165, 1.54) is 0 Å². The molecule has 33 heavy (non-hydrogen) atoms. The molecular weight excluding hydrogens is 445 g/mol. The van der Waals surface area contributed by atoms with Crippen LogP contribution in [0.2, 0.25) is 0 Å². The van der Waals surface area contributed by atoms with Crippen LogP contribution >= 0.6 is 0 Å². The smallest absolute Gasteiger partial charge is 0.206 e. The lowest BCUT2D eigenvalue weighted by atomic mass is 9.77. The first kappa shape index (κ1) is 25.1.